The van der Waals surface area contributed by atoms with E-state index in [2.05, 4.69) is 4.72 Å². The molecule has 0 unspecified atom stereocenters. The van der Waals surface area contributed by atoms with Crippen LogP contribution < -0.4 is 14.9 Å². The molecule has 0 saturated heterocycles. The SMILES string of the molecule is C/C=C/c1ccc(C(=O)NO)cc1NS(=O)(=O)c1cc(Cl)cc(Cl)c1OC. The molecule has 0 saturated carbocycles. The Hall–Kier alpha value is -2.26. The highest BCUT2D eigenvalue weighted by Gasteiger charge is 2.24. The van der Waals surface area contributed by atoms with Gasteiger partial charge in [-0.25, -0.2) is 13.9 Å². The van der Waals surface area contributed by atoms with Crippen molar-refractivity contribution in [2.24, 2.45) is 0 Å². The molecule has 1 amide bonds. The number of benzene rings is 2. The normalized spacial score (nSPS) is 11.4. The third-order valence-corrected chi connectivity index (χ3v) is 5.35. The molecule has 10 heteroatoms. The number of halogens is 2. The van der Waals surface area contributed by atoms with Crippen LogP contribution in [0.1, 0.15) is 22.8 Å². The van der Waals surface area contributed by atoms with Crippen molar-refractivity contribution >= 4 is 50.9 Å². The van der Waals surface area contributed by atoms with Gasteiger partial charge in [0.15, 0.2) is 5.75 Å². The number of methoxy groups -OCH3 is 1. The molecule has 0 spiro atoms. The van der Waals surface area contributed by atoms with E-state index in [1.165, 1.54) is 42.9 Å². The topological polar surface area (TPSA) is 105 Å². The lowest BCUT2D eigenvalue weighted by atomic mass is 10.1. The summed E-state index contributed by atoms with van der Waals surface area (Å²) in [7, 11) is -2.88. The third-order valence-electron chi connectivity index (χ3n) is 3.48. The number of amides is 1. The fraction of sp³-hybridized carbons (Fsp3) is 0.118. The van der Waals surface area contributed by atoms with E-state index in [1.807, 2.05) is 0 Å². The van der Waals surface area contributed by atoms with E-state index in [4.69, 9.17) is 33.1 Å². The van der Waals surface area contributed by atoms with Crippen LogP contribution in [0.2, 0.25) is 10.0 Å². The molecular formula is C17H16Cl2N2O5S. The fourth-order valence-corrected chi connectivity index (χ4v) is 4.30. The Morgan fingerprint density at radius 1 is 1.22 bits per heavy atom. The van der Waals surface area contributed by atoms with Crippen molar-refractivity contribution in [1.82, 2.24) is 5.48 Å². The second-order valence-electron chi connectivity index (χ2n) is 5.27. The maximum absolute atomic E-state index is 12.9. The monoisotopic (exact) mass is 430 g/mol. The number of hydrogen-bond acceptors (Lipinski definition) is 5. The summed E-state index contributed by atoms with van der Waals surface area (Å²) in [6.45, 7) is 1.76. The molecule has 0 bridgehead atoms. The van der Waals surface area contributed by atoms with Crippen LogP contribution in [0.3, 0.4) is 0 Å². The standard InChI is InChI=1S/C17H16Cl2N2O5S/c1-3-4-10-5-6-11(17(22)20-23)7-14(10)21-27(24,25)15-9-12(18)8-13(19)16(15)26-2/h3-9,21,23H,1-2H3,(H,20,22)/b4-3+. The van der Waals surface area contributed by atoms with Gasteiger partial charge in [0.05, 0.1) is 17.8 Å². The van der Waals surface area contributed by atoms with Gasteiger partial charge in [-0.15, -0.1) is 0 Å². The molecule has 0 radical (unpaired) electrons. The molecule has 144 valence electrons. The first-order valence-electron chi connectivity index (χ1n) is 7.50. The summed E-state index contributed by atoms with van der Waals surface area (Å²) in [4.78, 5) is 11.4. The summed E-state index contributed by atoms with van der Waals surface area (Å²) in [5.41, 5.74) is 2.17. The van der Waals surface area contributed by atoms with Crippen LogP contribution in [-0.4, -0.2) is 26.6 Å². The fourth-order valence-electron chi connectivity index (χ4n) is 2.31. The Morgan fingerprint density at radius 3 is 2.52 bits per heavy atom. The highest BCUT2D eigenvalue weighted by Crippen LogP contribution is 2.36. The number of carbonyl (C=O) groups excluding carboxylic acids is 1. The Balaban J connectivity index is 2.59. The molecule has 3 N–H and O–H groups in total. The lowest BCUT2D eigenvalue weighted by molar-refractivity contribution is 0.0706. The second kappa shape index (κ2) is 8.62. The quantitative estimate of drug-likeness (QED) is 0.475. The molecule has 0 aliphatic heterocycles. The predicted octanol–water partition coefficient (Wildman–Crippen LogP) is 3.95. The Bertz CT molecular complexity index is 1010. The highest BCUT2D eigenvalue weighted by atomic mass is 35.5. The van der Waals surface area contributed by atoms with E-state index in [0.29, 0.717) is 5.56 Å². The second-order valence-corrected chi connectivity index (χ2v) is 7.76. The molecule has 2 rings (SSSR count). The summed E-state index contributed by atoms with van der Waals surface area (Å²) >= 11 is 11.9. The molecule has 0 aliphatic carbocycles. The zero-order valence-corrected chi connectivity index (χ0v) is 16.6. The minimum absolute atomic E-state index is 0.0347. The molecule has 2 aromatic rings. The van der Waals surface area contributed by atoms with E-state index in [-0.39, 0.29) is 31.9 Å². The number of sulfonamides is 1. The van der Waals surface area contributed by atoms with Crippen molar-refractivity contribution in [3.63, 3.8) is 0 Å². The van der Waals surface area contributed by atoms with Crippen molar-refractivity contribution in [2.45, 2.75) is 11.8 Å². The predicted molar refractivity (Wildman–Crippen MR) is 104 cm³/mol. The first-order chi connectivity index (χ1) is 12.7. The van der Waals surface area contributed by atoms with Gasteiger partial charge in [-0.05, 0) is 36.8 Å². The van der Waals surface area contributed by atoms with Crippen LogP contribution in [-0.2, 0) is 10.0 Å². The van der Waals surface area contributed by atoms with E-state index in [1.54, 1.807) is 19.1 Å². The maximum atomic E-state index is 12.9. The lowest BCUT2D eigenvalue weighted by Crippen LogP contribution is -2.20. The molecule has 7 nitrogen and oxygen atoms in total. The Kier molecular flexibility index (Phi) is 6.72. The number of anilines is 1. The summed E-state index contributed by atoms with van der Waals surface area (Å²) in [6, 6.07) is 6.82. The number of carbonyl (C=O) groups is 1. The average molecular weight is 431 g/mol. The summed E-state index contributed by atoms with van der Waals surface area (Å²) in [5, 5.41) is 8.94. The number of hydrogen-bond donors (Lipinski definition) is 3. The van der Waals surface area contributed by atoms with Gasteiger partial charge in [-0.3, -0.25) is 14.7 Å². The van der Waals surface area contributed by atoms with Gasteiger partial charge in [-0.2, -0.15) is 0 Å². The van der Waals surface area contributed by atoms with Crippen LogP contribution >= 0.6 is 23.2 Å². The van der Waals surface area contributed by atoms with Gasteiger partial charge in [0.25, 0.3) is 15.9 Å². The molecule has 0 aliphatic rings. The number of nitrogens with one attached hydrogen (secondary N) is 2. The Morgan fingerprint density at radius 2 is 1.93 bits per heavy atom. The van der Waals surface area contributed by atoms with E-state index in [9.17, 15) is 13.2 Å². The van der Waals surface area contributed by atoms with E-state index >= 15 is 0 Å². The molecule has 2 aromatic carbocycles. The van der Waals surface area contributed by atoms with Crippen LogP contribution in [0.25, 0.3) is 6.08 Å². The number of rotatable bonds is 6. The van der Waals surface area contributed by atoms with Crippen molar-refractivity contribution in [1.29, 1.82) is 0 Å². The van der Waals surface area contributed by atoms with Crippen LogP contribution in [0.4, 0.5) is 5.69 Å². The van der Waals surface area contributed by atoms with Crippen molar-refractivity contribution in [3.8, 4) is 5.75 Å². The largest absolute Gasteiger partial charge is 0.494 e. The zero-order valence-electron chi connectivity index (χ0n) is 14.3. The third kappa shape index (κ3) is 4.72. The molecule has 27 heavy (non-hydrogen) atoms. The highest BCUT2D eigenvalue weighted by molar-refractivity contribution is 7.92. The van der Waals surface area contributed by atoms with Crippen LogP contribution in [0.5, 0.6) is 5.75 Å². The van der Waals surface area contributed by atoms with Gasteiger partial charge in [0.1, 0.15) is 4.90 Å². The molecule has 0 aromatic heterocycles. The van der Waals surface area contributed by atoms with Crippen LogP contribution in [0.15, 0.2) is 41.3 Å². The zero-order chi connectivity index (χ0) is 20.2. The van der Waals surface area contributed by atoms with Gasteiger partial charge >= 0.3 is 0 Å². The molecule has 0 fully saturated rings. The number of allylic oxidation sites excluding steroid dienone is 1. The molecule has 0 heterocycles. The summed E-state index contributed by atoms with van der Waals surface area (Å²) < 4.78 is 33.3. The van der Waals surface area contributed by atoms with Gasteiger partial charge in [0, 0.05) is 10.6 Å². The maximum Gasteiger partial charge on any atom is 0.274 e. The minimum atomic E-state index is -4.16. The number of ether oxygens (including phenoxy) is 1. The summed E-state index contributed by atoms with van der Waals surface area (Å²) in [6.07, 6.45) is 3.36. The smallest absolute Gasteiger partial charge is 0.274 e. The number of hydroxylamine groups is 1. The molecular weight excluding hydrogens is 415 g/mol. The average Bonchev–Trinajstić information content (AvgIpc) is 2.61. The van der Waals surface area contributed by atoms with Crippen molar-refractivity contribution < 1.29 is 23.2 Å². The van der Waals surface area contributed by atoms with E-state index < -0.39 is 15.9 Å². The van der Waals surface area contributed by atoms with Gasteiger partial charge < -0.3 is 4.74 Å². The van der Waals surface area contributed by atoms with Crippen molar-refractivity contribution in [3.05, 3.63) is 57.6 Å². The van der Waals surface area contributed by atoms with Gasteiger partial charge in [-0.1, -0.05) is 41.4 Å². The first-order valence-corrected chi connectivity index (χ1v) is 9.74. The van der Waals surface area contributed by atoms with Crippen molar-refractivity contribution in [2.75, 3.05) is 11.8 Å². The first kappa shape index (κ1) is 21.0. The Labute approximate surface area is 166 Å². The molecule has 0 atom stereocenters. The lowest BCUT2D eigenvalue weighted by Gasteiger charge is -2.15. The van der Waals surface area contributed by atoms with Gasteiger partial charge in [0.2, 0.25) is 0 Å². The summed E-state index contributed by atoms with van der Waals surface area (Å²) in [5.74, 6) is -0.851. The van der Waals surface area contributed by atoms with E-state index in [0.717, 1.165) is 0 Å². The van der Waals surface area contributed by atoms with Crippen LogP contribution in [0, 0.1) is 0 Å². The minimum Gasteiger partial charge on any atom is -0.494 e.